The number of nitrogens with two attached hydrogens (primary N) is 1. The van der Waals surface area contributed by atoms with Crippen molar-refractivity contribution in [1.82, 2.24) is 0 Å². The lowest BCUT2D eigenvalue weighted by Gasteiger charge is -2.33. The van der Waals surface area contributed by atoms with Gasteiger partial charge in [-0.05, 0) is 37.2 Å². The summed E-state index contributed by atoms with van der Waals surface area (Å²) >= 11 is 0. The maximum Gasteiger partial charge on any atom is 0.323 e. The first-order valence-corrected chi connectivity index (χ1v) is 5.69. The second-order valence-corrected chi connectivity index (χ2v) is 4.65. The molecule has 0 spiro atoms. The molecule has 1 fully saturated rings. The second kappa shape index (κ2) is 5.52. The van der Waals surface area contributed by atoms with E-state index in [9.17, 15) is 4.79 Å². The van der Waals surface area contributed by atoms with E-state index in [1.807, 2.05) is 18.2 Å². The zero-order valence-electron chi connectivity index (χ0n) is 9.63. The Kier molecular flexibility index (Phi) is 4.54. The van der Waals surface area contributed by atoms with Gasteiger partial charge in [0.15, 0.2) is 0 Å². The Labute approximate surface area is 107 Å². The Morgan fingerprint density at radius 3 is 2.24 bits per heavy atom. The molecule has 1 aromatic carbocycles. The highest BCUT2D eigenvalue weighted by Crippen LogP contribution is 2.36. The van der Waals surface area contributed by atoms with Crippen LogP contribution >= 0.6 is 12.4 Å². The van der Waals surface area contributed by atoms with E-state index in [1.165, 1.54) is 5.56 Å². The Morgan fingerprint density at radius 2 is 1.76 bits per heavy atom. The molecule has 0 heterocycles. The van der Waals surface area contributed by atoms with Crippen LogP contribution in [-0.4, -0.2) is 16.6 Å². The number of carbonyl (C=O) groups is 1. The highest BCUT2D eigenvalue weighted by atomic mass is 35.5. The fourth-order valence-corrected chi connectivity index (χ4v) is 2.41. The normalized spacial score (nSPS) is 28.2. The number of rotatable bonds is 2. The summed E-state index contributed by atoms with van der Waals surface area (Å²) in [5, 5.41) is 9.03. The number of benzene rings is 1. The number of carboxylic acid groups (broad SMARTS) is 1. The van der Waals surface area contributed by atoms with Crippen LogP contribution in [0.5, 0.6) is 0 Å². The maximum atomic E-state index is 11.0. The predicted octanol–water partition coefficient (Wildman–Crippen LogP) is 2.55. The van der Waals surface area contributed by atoms with Crippen molar-refractivity contribution < 1.29 is 9.90 Å². The van der Waals surface area contributed by atoms with Crippen LogP contribution in [0.2, 0.25) is 0 Å². The Balaban J connectivity index is 0.00000144. The van der Waals surface area contributed by atoms with Gasteiger partial charge in [0.05, 0.1) is 0 Å². The van der Waals surface area contributed by atoms with E-state index in [0.717, 1.165) is 12.8 Å². The van der Waals surface area contributed by atoms with Crippen molar-refractivity contribution in [2.75, 3.05) is 0 Å². The fraction of sp³-hybridized carbons (Fsp3) is 0.462. The van der Waals surface area contributed by atoms with E-state index in [2.05, 4.69) is 12.1 Å². The number of aliphatic carboxylic acids is 1. The third-order valence-corrected chi connectivity index (χ3v) is 3.57. The molecule has 3 nitrogen and oxygen atoms in total. The SMILES string of the molecule is Cl.NC1(C(=O)O)CCC(c2ccccc2)CC1. The van der Waals surface area contributed by atoms with Gasteiger partial charge in [-0.25, -0.2) is 0 Å². The molecule has 0 aromatic heterocycles. The molecule has 0 aliphatic heterocycles. The molecule has 0 radical (unpaired) electrons. The lowest BCUT2D eigenvalue weighted by molar-refractivity contribution is -0.144. The molecule has 2 rings (SSSR count). The Morgan fingerprint density at radius 1 is 1.24 bits per heavy atom. The molecule has 94 valence electrons. The topological polar surface area (TPSA) is 63.3 Å². The first-order chi connectivity index (χ1) is 7.62. The summed E-state index contributed by atoms with van der Waals surface area (Å²) in [5.41, 5.74) is 6.15. The molecule has 1 saturated carbocycles. The number of hydrogen-bond acceptors (Lipinski definition) is 2. The molecule has 1 aromatic rings. The van der Waals surface area contributed by atoms with Gasteiger partial charge in [0.1, 0.15) is 5.54 Å². The van der Waals surface area contributed by atoms with Gasteiger partial charge in [-0.3, -0.25) is 4.79 Å². The monoisotopic (exact) mass is 255 g/mol. The third kappa shape index (κ3) is 2.99. The molecule has 0 unspecified atom stereocenters. The summed E-state index contributed by atoms with van der Waals surface area (Å²) in [7, 11) is 0. The number of halogens is 1. The van der Waals surface area contributed by atoms with E-state index in [-0.39, 0.29) is 12.4 Å². The van der Waals surface area contributed by atoms with Crippen LogP contribution in [0.15, 0.2) is 30.3 Å². The van der Waals surface area contributed by atoms with Crippen molar-refractivity contribution in [1.29, 1.82) is 0 Å². The molecule has 1 aliphatic carbocycles. The van der Waals surface area contributed by atoms with Crippen LogP contribution in [0.1, 0.15) is 37.2 Å². The van der Waals surface area contributed by atoms with Gasteiger partial charge in [-0.2, -0.15) is 0 Å². The minimum Gasteiger partial charge on any atom is -0.480 e. The molecule has 17 heavy (non-hydrogen) atoms. The van der Waals surface area contributed by atoms with Gasteiger partial charge in [0.2, 0.25) is 0 Å². The van der Waals surface area contributed by atoms with E-state index < -0.39 is 11.5 Å². The summed E-state index contributed by atoms with van der Waals surface area (Å²) in [6, 6.07) is 10.3. The van der Waals surface area contributed by atoms with Crippen LogP contribution in [0.3, 0.4) is 0 Å². The highest BCUT2D eigenvalue weighted by molar-refractivity contribution is 5.85. The molecule has 0 atom stereocenters. The highest BCUT2D eigenvalue weighted by Gasteiger charge is 2.38. The summed E-state index contributed by atoms with van der Waals surface area (Å²) in [6.07, 6.45) is 2.88. The van der Waals surface area contributed by atoms with Crippen molar-refractivity contribution in [2.45, 2.75) is 37.1 Å². The van der Waals surface area contributed by atoms with Gasteiger partial charge >= 0.3 is 5.97 Å². The van der Waals surface area contributed by atoms with Crippen molar-refractivity contribution in [2.24, 2.45) is 5.73 Å². The van der Waals surface area contributed by atoms with Crippen LogP contribution in [0.4, 0.5) is 0 Å². The first kappa shape index (κ1) is 14.0. The lowest BCUT2D eigenvalue weighted by Crippen LogP contribution is -2.50. The molecule has 0 saturated heterocycles. The quantitative estimate of drug-likeness (QED) is 0.854. The second-order valence-electron chi connectivity index (χ2n) is 4.65. The molecule has 3 N–H and O–H groups in total. The molecule has 0 amide bonds. The van der Waals surface area contributed by atoms with Gasteiger partial charge in [-0.1, -0.05) is 30.3 Å². The minimum absolute atomic E-state index is 0. The van der Waals surface area contributed by atoms with Gasteiger partial charge < -0.3 is 10.8 Å². The zero-order valence-corrected chi connectivity index (χ0v) is 10.5. The molecule has 1 aliphatic rings. The van der Waals surface area contributed by atoms with Crippen molar-refractivity contribution >= 4 is 18.4 Å². The average Bonchev–Trinajstić information content (AvgIpc) is 2.31. The molecule has 0 bridgehead atoms. The predicted molar refractivity (Wildman–Crippen MR) is 69.5 cm³/mol. The largest absolute Gasteiger partial charge is 0.480 e. The summed E-state index contributed by atoms with van der Waals surface area (Å²) in [4.78, 5) is 11.0. The van der Waals surface area contributed by atoms with Crippen molar-refractivity contribution in [3.8, 4) is 0 Å². The van der Waals surface area contributed by atoms with Crippen LogP contribution in [0, 0.1) is 0 Å². The molecule has 4 heteroatoms. The van der Waals surface area contributed by atoms with Gasteiger partial charge in [0.25, 0.3) is 0 Å². The van der Waals surface area contributed by atoms with Gasteiger partial charge in [-0.15, -0.1) is 12.4 Å². The Bertz CT molecular complexity index is 372. The lowest BCUT2D eigenvalue weighted by atomic mass is 9.75. The summed E-state index contributed by atoms with van der Waals surface area (Å²) < 4.78 is 0. The number of hydrogen-bond donors (Lipinski definition) is 2. The summed E-state index contributed by atoms with van der Waals surface area (Å²) in [6.45, 7) is 0. The maximum absolute atomic E-state index is 11.0. The van der Waals surface area contributed by atoms with Gasteiger partial charge in [0, 0.05) is 0 Å². The van der Waals surface area contributed by atoms with Crippen molar-refractivity contribution in [3.05, 3.63) is 35.9 Å². The summed E-state index contributed by atoms with van der Waals surface area (Å²) in [5.74, 6) is -0.392. The minimum atomic E-state index is -0.995. The van der Waals surface area contributed by atoms with Crippen LogP contribution < -0.4 is 5.73 Å². The van der Waals surface area contributed by atoms with Crippen LogP contribution in [-0.2, 0) is 4.79 Å². The Hall–Kier alpha value is -1.06. The van der Waals surface area contributed by atoms with E-state index >= 15 is 0 Å². The molecular formula is C13H18ClNO2. The van der Waals surface area contributed by atoms with Crippen LogP contribution in [0.25, 0.3) is 0 Å². The standard InChI is InChI=1S/C13H17NO2.ClH/c14-13(12(15)16)8-6-11(7-9-13)10-4-2-1-3-5-10;/h1-5,11H,6-9,14H2,(H,15,16);1H. The number of carboxylic acids is 1. The first-order valence-electron chi connectivity index (χ1n) is 5.69. The zero-order chi connectivity index (χ0) is 11.6. The fourth-order valence-electron chi connectivity index (χ4n) is 2.41. The van der Waals surface area contributed by atoms with E-state index in [0.29, 0.717) is 18.8 Å². The average molecular weight is 256 g/mol. The third-order valence-electron chi connectivity index (χ3n) is 3.57. The molecular weight excluding hydrogens is 238 g/mol. The van der Waals surface area contributed by atoms with E-state index in [4.69, 9.17) is 10.8 Å². The van der Waals surface area contributed by atoms with Crippen molar-refractivity contribution in [3.63, 3.8) is 0 Å². The van der Waals surface area contributed by atoms with E-state index in [1.54, 1.807) is 0 Å². The smallest absolute Gasteiger partial charge is 0.323 e.